The lowest BCUT2D eigenvalue weighted by Crippen LogP contribution is -2.22. The number of hydrazone groups is 1. The van der Waals surface area contributed by atoms with Gasteiger partial charge < -0.3 is 9.73 Å². The molecule has 5 rings (SSSR count). The van der Waals surface area contributed by atoms with Crippen LogP contribution in [0.3, 0.4) is 0 Å². The highest BCUT2D eigenvalue weighted by molar-refractivity contribution is 6.11. The van der Waals surface area contributed by atoms with Crippen molar-refractivity contribution in [2.45, 2.75) is 26.2 Å². The Morgan fingerprint density at radius 2 is 1.91 bits per heavy atom. The van der Waals surface area contributed by atoms with Crippen LogP contribution in [0.15, 0.2) is 70.6 Å². The molecule has 1 aliphatic rings. The Hall–Kier alpha value is -4.33. The zero-order chi connectivity index (χ0) is 22.8. The molecule has 0 saturated heterocycles. The normalized spacial score (nSPS) is 14.2. The van der Waals surface area contributed by atoms with Crippen molar-refractivity contribution in [1.82, 2.24) is 15.4 Å². The molecule has 8 heteroatoms. The highest BCUT2D eigenvalue weighted by atomic mass is 16.4. The standard InChI is InChI=1S/C25H21N5O3/c1-15-22-20(29-30-24(31)16-6-4-12-26-14-16)10-3-11-21(22)33-23(15)25(32)28-19-9-2-8-18-17(19)7-5-13-27-18/h2,4-9,12-14H,3,10-11H2,1H3,(H,28,32)(H,30,31)/b29-20+. The predicted molar refractivity (Wildman–Crippen MR) is 124 cm³/mol. The van der Waals surface area contributed by atoms with Crippen LogP contribution < -0.4 is 10.7 Å². The molecular weight excluding hydrogens is 418 g/mol. The number of rotatable bonds is 4. The van der Waals surface area contributed by atoms with Gasteiger partial charge in [0, 0.05) is 41.5 Å². The number of fused-ring (bicyclic) bond motifs is 2. The molecule has 0 fully saturated rings. The number of nitrogens with zero attached hydrogens (tertiary/aromatic N) is 3. The second-order valence-corrected chi connectivity index (χ2v) is 7.78. The number of aryl methyl sites for hydroxylation is 1. The van der Waals surface area contributed by atoms with E-state index in [1.165, 1.54) is 6.20 Å². The molecule has 3 aromatic heterocycles. The molecule has 1 aliphatic carbocycles. The average Bonchev–Trinajstić information content (AvgIpc) is 3.20. The van der Waals surface area contributed by atoms with Crippen LogP contribution in [0.1, 0.15) is 50.6 Å². The zero-order valence-corrected chi connectivity index (χ0v) is 18.0. The summed E-state index contributed by atoms with van der Waals surface area (Å²) in [5.74, 6) is 0.273. The molecule has 2 N–H and O–H groups in total. The van der Waals surface area contributed by atoms with Gasteiger partial charge >= 0.3 is 0 Å². The van der Waals surface area contributed by atoms with Crippen LogP contribution in [0.5, 0.6) is 0 Å². The van der Waals surface area contributed by atoms with E-state index in [1.807, 2.05) is 37.3 Å². The molecule has 0 saturated carbocycles. The first-order valence-electron chi connectivity index (χ1n) is 10.7. The number of carbonyl (C=O) groups is 2. The van der Waals surface area contributed by atoms with E-state index in [0.29, 0.717) is 41.1 Å². The predicted octanol–water partition coefficient (Wildman–Crippen LogP) is 4.25. The number of carbonyl (C=O) groups excluding carboxylic acids is 2. The lowest BCUT2D eigenvalue weighted by Gasteiger charge is -2.13. The van der Waals surface area contributed by atoms with Gasteiger partial charge in [0.25, 0.3) is 11.8 Å². The highest BCUT2D eigenvalue weighted by Gasteiger charge is 2.28. The van der Waals surface area contributed by atoms with Crippen molar-refractivity contribution in [1.29, 1.82) is 0 Å². The van der Waals surface area contributed by atoms with Gasteiger partial charge in [-0.05, 0) is 56.2 Å². The van der Waals surface area contributed by atoms with Gasteiger partial charge in [0.05, 0.1) is 22.5 Å². The molecule has 0 unspecified atom stereocenters. The largest absolute Gasteiger partial charge is 0.455 e. The Morgan fingerprint density at radius 3 is 2.76 bits per heavy atom. The highest BCUT2D eigenvalue weighted by Crippen LogP contribution is 2.31. The van der Waals surface area contributed by atoms with Crippen molar-refractivity contribution in [2.75, 3.05) is 5.32 Å². The fraction of sp³-hybridized carbons (Fsp3) is 0.160. The molecule has 0 spiro atoms. The van der Waals surface area contributed by atoms with Crippen LogP contribution >= 0.6 is 0 Å². The summed E-state index contributed by atoms with van der Waals surface area (Å²) < 4.78 is 5.97. The van der Waals surface area contributed by atoms with E-state index in [1.54, 1.807) is 24.5 Å². The molecule has 8 nitrogen and oxygen atoms in total. The summed E-state index contributed by atoms with van der Waals surface area (Å²) in [6.07, 6.45) is 7.00. The summed E-state index contributed by atoms with van der Waals surface area (Å²) >= 11 is 0. The van der Waals surface area contributed by atoms with Crippen LogP contribution in [0.2, 0.25) is 0 Å². The van der Waals surface area contributed by atoms with Crippen molar-refractivity contribution >= 4 is 34.1 Å². The number of pyridine rings is 2. The molecule has 0 atom stereocenters. The second kappa shape index (κ2) is 8.66. The van der Waals surface area contributed by atoms with E-state index in [4.69, 9.17) is 4.42 Å². The minimum atomic E-state index is -0.341. The molecule has 0 radical (unpaired) electrons. The van der Waals surface area contributed by atoms with Gasteiger partial charge in [0.2, 0.25) is 0 Å². The number of hydrogen-bond acceptors (Lipinski definition) is 6. The lowest BCUT2D eigenvalue weighted by atomic mass is 9.93. The molecule has 3 heterocycles. The van der Waals surface area contributed by atoms with E-state index in [0.717, 1.165) is 22.9 Å². The first-order valence-corrected chi connectivity index (χ1v) is 10.7. The van der Waals surface area contributed by atoms with E-state index in [-0.39, 0.29) is 17.6 Å². The molecule has 2 amide bonds. The lowest BCUT2D eigenvalue weighted by molar-refractivity contribution is 0.0953. The van der Waals surface area contributed by atoms with Crippen LogP contribution in [0, 0.1) is 6.92 Å². The first kappa shape index (κ1) is 20.6. The topological polar surface area (TPSA) is 109 Å². The smallest absolute Gasteiger partial charge is 0.291 e. The van der Waals surface area contributed by atoms with Gasteiger partial charge in [-0.15, -0.1) is 0 Å². The Morgan fingerprint density at radius 1 is 1.03 bits per heavy atom. The van der Waals surface area contributed by atoms with E-state index in [2.05, 4.69) is 25.8 Å². The molecule has 1 aromatic carbocycles. The van der Waals surface area contributed by atoms with E-state index >= 15 is 0 Å². The van der Waals surface area contributed by atoms with Crippen LogP contribution in [0.4, 0.5) is 5.69 Å². The van der Waals surface area contributed by atoms with Crippen molar-refractivity contribution in [2.24, 2.45) is 5.10 Å². The van der Waals surface area contributed by atoms with Gasteiger partial charge in [0.15, 0.2) is 5.76 Å². The molecule has 0 aliphatic heterocycles. The average molecular weight is 439 g/mol. The van der Waals surface area contributed by atoms with E-state index in [9.17, 15) is 9.59 Å². The summed E-state index contributed by atoms with van der Waals surface area (Å²) in [7, 11) is 0. The van der Waals surface area contributed by atoms with Gasteiger partial charge in [-0.1, -0.05) is 6.07 Å². The summed E-state index contributed by atoms with van der Waals surface area (Å²) in [5, 5.41) is 8.15. The summed E-state index contributed by atoms with van der Waals surface area (Å²) in [5.41, 5.74) is 6.67. The maximum atomic E-state index is 13.1. The van der Waals surface area contributed by atoms with Crippen molar-refractivity contribution in [3.05, 3.63) is 89.3 Å². The first-order chi connectivity index (χ1) is 16.1. The number of anilines is 1. The maximum absolute atomic E-state index is 13.1. The number of benzene rings is 1. The fourth-order valence-electron chi connectivity index (χ4n) is 4.07. The fourth-order valence-corrected chi connectivity index (χ4v) is 4.07. The number of furan rings is 1. The van der Waals surface area contributed by atoms with Gasteiger partial charge in [-0.2, -0.15) is 5.10 Å². The second-order valence-electron chi connectivity index (χ2n) is 7.78. The Bertz CT molecular complexity index is 1390. The Labute approximate surface area is 189 Å². The SMILES string of the molecule is Cc1c(C(=O)Nc2cccc3ncccc23)oc2c1/C(=N/NC(=O)c1cccnc1)CCC2. The third-order valence-electron chi connectivity index (χ3n) is 5.64. The third kappa shape index (κ3) is 3.98. The van der Waals surface area contributed by atoms with Gasteiger partial charge in [-0.3, -0.25) is 19.6 Å². The monoisotopic (exact) mass is 439 g/mol. The van der Waals surface area contributed by atoms with Crippen LogP contribution in [-0.4, -0.2) is 27.5 Å². The summed E-state index contributed by atoms with van der Waals surface area (Å²) in [6.45, 7) is 1.84. The molecule has 4 aromatic rings. The molecule has 33 heavy (non-hydrogen) atoms. The van der Waals surface area contributed by atoms with Crippen molar-refractivity contribution in [3.8, 4) is 0 Å². The molecular formula is C25H21N5O3. The minimum Gasteiger partial charge on any atom is -0.455 e. The maximum Gasteiger partial charge on any atom is 0.291 e. The van der Waals surface area contributed by atoms with E-state index < -0.39 is 0 Å². The van der Waals surface area contributed by atoms with Crippen molar-refractivity contribution in [3.63, 3.8) is 0 Å². The Balaban J connectivity index is 1.41. The number of aromatic nitrogens is 2. The van der Waals surface area contributed by atoms with Gasteiger partial charge in [0.1, 0.15) is 5.76 Å². The molecule has 164 valence electrons. The Kier molecular flexibility index (Phi) is 5.40. The zero-order valence-electron chi connectivity index (χ0n) is 18.0. The number of nitrogens with one attached hydrogen (secondary N) is 2. The van der Waals surface area contributed by atoms with Crippen LogP contribution in [0.25, 0.3) is 10.9 Å². The number of hydrogen-bond donors (Lipinski definition) is 2. The summed E-state index contributed by atoms with van der Waals surface area (Å²) in [6, 6.07) is 12.7. The minimum absolute atomic E-state index is 0.245. The quantitative estimate of drug-likeness (QED) is 0.462. The number of amides is 2. The van der Waals surface area contributed by atoms with Crippen molar-refractivity contribution < 1.29 is 14.0 Å². The summed E-state index contributed by atoms with van der Waals surface area (Å²) in [4.78, 5) is 33.8. The third-order valence-corrected chi connectivity index (χ3v) is 5.64. The molecule has 0 bridgehead atoms. The van der Waals surface area contributed by atoms with Gasteiger partial charge in [-0.25, -0.2) is 5.43 Å². The van der Waals surface area contributed by atoms with Crippen LogP contribution in [-0.2, 0) is 6.42 Å².